The Balaban J connectivity index is 1.81. The highest BCUT2D eigenvalue weighted by atomic mass is 79.9. The first kappa shape index (κ1) is 18.0. The summed E-state index contributed by atoms with van der Waals surface area (Å²) in [6.07, 6.45) is 1.80. The Morgan fingerprint density at radius 1 is 1.00 bits per heavy atom. The number of nitrogens with zero attached hydrogens (tertiary/aromatic N) is 1. The van der Waals surface area contributed by atoms with Gasteiger partial charge in [0.25, 0.3) is 5.91 Å². The molecule has 0 saturated carbocycles. The molecule has 1 aromatic heterocycles. The number of benzene rings is 3. The lowest BCUT2D eigenvalue weighted by atomic mass is 9.93. The molecule has 0 aliphatic carbocycles. The zero-order valence-corrected chi connectivity index (χ0v) is 17.3. The van der Waals surface area contributed by atoms with E-state index in [9.17, 15) is 4.79 Å². The van der Waals surface area contributed by atoms with Crippen molar-refractivity contribution in [2.24, 2.45) is 0 Å². The van der Waals surface area contributed by atoms with Crippen LogP contribution in [0.4, 0.5) is 0 Å². The molecule has 1 aliphatic rings. The number of halogens is 1. The molecule has 29 heavy (non-hydrogen) atoms. The number of carbonyl (C=O) groups excluding carboxylic acids is 1. The van der Waals surface area contributed by atoms with Gasteiger partial charge in [-0.3, -0.25) is 4.79 Å². The average Bonchev–Trinajstić information content (AvgIpc) is 3.25. The number of nitrogens with one attached hydrogen (secondary N) is 1. The molecule has 0 fully saturated rings. The van der Waals surface area contributed by atoms with Crippen LogP contribution in [-0.4, -0.2) is 22.3 Å². The molecule has 1 aliphatic heterocycles. The number of aromatic amines is 1. The van der Waals surface area contributed by atoms with Gasteiger partial charge in [-0.2, -0.15) is 0 Å². The number of para-hydroxylation sites is 1. The first-order chi connectivity index (χ1) is 14.2. The van der Waals surface area contributed by atoms with Crippen molar-refractivity contribution < 1.29 is 4.79 Å². The molecule has 1 atom stereocenters. The molecule has 3 nitrogen and oxygen atoms in total. The highest BCUT2D eigenvalue weighted by Crippen LogP contribution is 2.45. The molecular weight excluding hydrogens is 424 g/mol. The van der Waals surface area contributed by atoms with Gasteiger partial charge < -0.3 is 9.88 Å². The summed E-state index contributed by atoms with van der Waals surface area (Å²) in [5.74, 6) is 0.0533. The Morgan fingerprint density at radius 3 is 2.52 bits per heavy atom. The molecule has 1 N–H and O–H groups in total. The lowest BCUT2D eigenvalue weighted by Gasteiger charge is -2.25. The Morgan fingerprint density at radius 2 is 1.72 bits per heavy atom. The summed E-state index contributed by atoms with van der Waals surface area (Å²) < 4.78 is 1.04. The predicted octanol–water partition coefficient (Wildman–Crippen LogP) is 6.33. The van der Waals surface area contributed by atoms with Crippen LogP contribution in [0.5, 0.6) is 0 Å². The molecular formula is C25H19BrN2O. The molecule has 4 heteroatoms. The van der Waals surface area contributed by atoms with Crippen LogP contribution in [-0.2, 0) is 0 Å². The lowest BCUT2D eigenvalue weighted by Crippen LogP contribution is -2.29. The second-order valence-electron chi connectivity index (χ2n) is 7.20. The Labute approximate surface area is 177 Å². The van der Waals surface area contributed by atoms with Crippen LogP contribution in [0.15, 0.2) is 89.9 Å². The highest BCUT2D eigenvalue weighted by Gasteiger charge is 2.39. The Kier molecular flexibility index (Phi) is 4.36. The molecule has 0 bridgehead atoms. The fourth-order valence-electron chi connectivity index (χ4n) is 4.30. The molecule has 3 aromatic carbocycles. The van der Waals surface area contributed by atoms with E-state index in [2.05, 4.69) is 57.8 Å². The maximum Gasteiger partial charge on any atom is 0.255 e. The van der Waals surface area contributed by atoms with E-state index in [1.54, 1.807) is 6.08 Å². The second-order valence-corrected chi connectivity index (χ2v) is 8.12. The number of aromatic nitrogens is 1. The van der Waals surface area contributed by atoms with Gasteiger partial charge in [-0.25, -0.2) is 0 Å². The first-order valence-corrected chi connectivity index (χ1v) is 10.4. The molecule has 2 heterocycles. The van der Waals surface area contributed by atoms with Gasteiger partial charge >= 0.3 is 0 Å². The van der Waals surface area contributed by atoms with Gasteiger partial charge in [-0.05, 0) is 35.4 Å². The van der Waals surface area contributed by atoms with Crippen LogP contribution in [0, 0.1) is 0 Å². The van der Waals surface area contributed by atoms with Crippen LogP contribution >= 0.6 is 15.9 Å². The molecule has 1 amide bonds. The number of hydrogen-bond donors (Lipinski definition) is 1. The van der Waals surface area contributed by atoms with Gasteiger partial charge in [0.15, 0.2) is 0 Å². The van der Waals surface area contributed by atoms with Crippen LogP contribution in [0.25, 0.3) is 22.2 Å². The minimum absolute atomic E-state index is 0.0533. The summed E-state index contributed by atoms with van der Waals surface area (Å²) in [4.78, 5) is 18.7. The summed E-state index contributed by atoms with van der Waals surface area (Å²) in [6, 6.07) is 24.3. The SMILES string of the molecule is C=CCN1C(=O)c2ccccc2[C@H]1c1c(-c2ccc(Br)cc2)[nH]c2ccccc12. The van der Waals surface area contributed by atoms with Gasteiger partial charge in [-0.1, -0.05) is 70.5 Å². The third kappa shape index (κ3) is 2.83. The fraction of sp³-hybridized carbons (Fsp3) is 0.0800. The van der Waals surface area contributed by atoms with Crippen LogP contribution in [0.3, 0.4) is 0 Å². The van der Waals surface area contributed by atoms with Crippen molar-refractivity contribution in [3.05, 3.63) is 107 Å². The smallest absolute Gasteiger partial charge is 0.255 e. The van der Waals surface area contributed by atoms with Crippen molar-refractivity contribution in [2.75, 3.05) is 6.54 Å². The van der Waals surface area contributed by atoms with E-state index in [4.69, 9.17) is 0 Å². The molecule has 0 saturated heterocycles. The number of hydrogen-bond acceptors (Lipinski definition) is 1. The molecule has 0 spiro atoms. The van der Waals surface area contributed by atoms with E-state index >= 15 is 0 Å². The average molecular weight is 443 g/mol. The fourth-order valence-corrected chi connectivity index (χ4v) is 4.57. The summed E-state index contributed by atoms with van der Waals surface area (Å²) in [6.45, 7) is 4.38. The van der Waals surface area contributed by atoms with E-state index in [0.717, 1.165) is 43.3 Å². The van der Waals surface area contributed by atoms with Crippen molar-refractivity contribution in [3.8, 4) is 11.3 Å². The molecule has 4 aromatic rings. The largest absolute Gasteiger partial charge is 0.354 e. The van der Waals surface area contributed by atoms with E-state index in [1.165, 1.54) is 0 Å². The third-order valence-electron chi connectivity index (χ3n) is 5.54. The maximum absolute atomic E-state index is 13.2. The van der Waals surface area contributed by atoms with Gasteiger partial charge in [0, 0.05) is 33.0 Å². The van der Waals surface area contributed by atoms with Crippen molar-refractivity contribution in [1.82, 2.24) is 9.88 Å². The van der Waals surface area contributed by atoms with E-state index in [-0.39, 0.29) is 11.9 Å². The van der Waals surface area contributed by atoms with E-state index < -0.39 is 0 Å². The molecule has 5 rings (SSSR count). The van der Waals surface area contributed by atoms with Gasteiger partial charge in [0.05, 0.1) is 11.7 Å². The summed E-state index contributed by atoms with van der Waals surface area (Å²) in [5.41, 5.74) is 6.14. The van der Waals surface area contributed by atoms with Crippen molar-refractivity contribution >= 4 is 32.7 Å². The van der Waals surface area contributed by atoms with Crippen molar-refractivity contribution in [1.29, 1.82) is 0 Å². The second kappa shape index (κ2) is 7.05. The minimum atomic E-state index is -0.161. The van der Waals surface area contributed by atoms with Gasteiger partial charge in [0.2, 0.25) is 0 Å². The Hall–Kier alpha value is -3.11. The summed E-state index contributed by atoms with van der Waals surface area (Å²) in [5, 5.41) is 1.13. The lowest BCUT2D eigenvalue weighted by molar-refractivity contribution is 0.0771. The Bertz CT molecular complexity index is 1240. The minimum Gasteiger partial charge on any atom is -0.354 e. The first-order valence-electron chi connectivity index (χ1n) is 9.56. The summed E-state index contributed by atoms with van der Waals surface area (Å²) in [7, 11) is 0. The summed E-state index contributed by atoms with van der Waals surface area (Å²) >= 11 is 3.52. The molecule has 0 unspecified atom stereocenters. The zero-order chi connectivity index (χ0) is 20.0. The van der Waals surface area contributed by atoms with Crippen molar-refractivity contribution in [3.63, 3.8) is 0 Å². The van der Waals surface area contributed by atoms with Crippen LogP contribution < -0.4 is 0 Å². The van der Waals surface area contributed by atoms with Gasteiger partial charge in [0.1, 0.15) is 0 Å². The third-order valence-corrected chi connectivity index (χ3v) is 6.07. The molecule has 0 radical (unpaired) electrons. The number of carbonyl (C=O) groups is 1. The predicted molar refractivity (Wildman–Crippen MR) is 121 cm³/mol. The topological polar surface area (TPSA) is 36.1 Å². The van der Waals surface area contributed by atoms with E-state index in [0.29, 0.717) is 6.54 Å². The maximum atomic E-state index is 13.2. The number of fused-ring (bicyclic) bond motifs is 2. The normalized spacial score (nSPS) is 15.7. The van der Waals surface area contributed by atoms with Crippen LogP contribution in [0.2, 0.25) is 0 Å². The highest BCUT2D eigenvalue weighted by molar-refractivity contribution is 9.10. The van der Waals surface area contributed by atoms with Crippen LogP contribution in [0.1, 0.15) is 27.5 Å². The monoisotopic (exact) mass is 442 g/mol. The van der Waals surface area contributed by atoms with Gasteiger partial charge in [-0.15, -0.1) is 6.58 Å². The quantitative estimate of drug-likeness (QED) is 0.368. The number of H-pyrrole nitrogens is 1. The van der Waals surface area contributed by atoms with Crippen molar-refractivity contribution in [2.45, 2.75) is 6.04 Å². The van der Waals surface area contributed by atoms with E-state index in [1.807, 2.05) is 47.4 Å². The molecule has 142 valence electrons. The standard InChI is InChI=1S/C25H19BrN2O/c1-2-15-28-24(18-7-3-4-8-19(18)25(28)29)22-20-9-5-6-10-21(20)27-23(22)16-11-13-17(26)14-12-16/h2-14,24,27H,1,15H2/t24-/m0/s1. The zero-order valence-electron chi connectivity index (χ0n) is 15.7. The number of amides is 1. The number of rotatable bonds is 4.